The summed E-state index contributed by atoms with van der Waals surface area (Å²) in [7, 11) is 0. The third kappa shape index (κ3) is 3.04. The van der Waals surface area contributed by atoms with Gasteiger partial charge < -0.3 is 9.15 Å². The highest BCUT2D eigenvalue weighted by Gasteiger charge is 2.12. The van der Waals surface area contributed by atoms with E-state index in [1.807, 2.05) is 36.4 Å². The lowest BCUT2D eigenvalue weighted by Crippen LogP contribution is -2.08. The smallest absolute Gasteiger partial charge is 0.343 e. The molecular formula is C21H12N2O3. The van der Waals surface area contributed by atoms with Gasteiger partial charge in [-0.3, -0.25) is 0 Å². The van der Waals surface area contributed by atoms with Gasteiger partial charge in [0.25, 0.3) is 0 Å². The summed E-state index contributed by atoms with van der Waals surface area (Å²) in [6, 6.07) is 22.9. The Morgan fingerprint density at radius 3 is 2.65 bits per heavy atom. The lowest BCUT2D eigenvalue weighted by molar-refractivity contribution is 0.0735. The molecule has 0 amide bonds. The summed E-state index contributed by atoms with van der Waals surface area (Å²) >= 11 is 0. The Morgan fingerprint density at radius 1 is 1.00 bits per heavy atom. The first-order valence-corrected chi connectivity index (χ1v) is 7.91. The highest BCUT2D eigenvalue weighted by Crippen LogP contribution is 2.27. The van der Waals surface area contributed by atoms with Crippen molar-refractivity contribution in [3.63, 3.8) is 0 Å². The van der Waals surface area contributed by atoms with Gasteiger partial charge in [0.2, 0.25) is 5.89 Å². The van der Waals surface area contributed by atoms with Gasteiger partial charge in [-0.2, -0.15) is 5.26 Å². The van der Waals surface area contributed by atoms with Crippen LogP contribution in [-0.2, 0) is 0 Å². The van der Waals surface area contributed by atoms with Crippen molar-refractivity contribution in [2.45, 2.75) is 0 Å². The fourth-order valence-electron chi connectivity index (χ4n) is 2.55. The van der Waals surface area contributed by atoms with Gasteiger partial charge >= 0.3 is 5.97 Å². The minimum Gasteiger partial charge on any atom is -0.436 e. The molecule has 1 heterocycles. The third-order valence-corrected chi connectivity index (χ3v) is 3.82. The molecule has 0 aliphatic carbocycles. The number of ether oxygens (including phenoxy) is 1. The molecule has 4 aromatic rings. The van der Waals surface area contributed by atoms with E-state index in [2.05, 4.69) is 4.98 Å². The van der Waals surface area contributed by atoms with Crippen LogP contribution in [0.2, 0.25) is 0 Å². The Morgan fingerprint density at radius 2 is 1.85 bits per heavy atom. The average Bonchev–Trinajstić information content (AvgIpc) is 3.12. The first-order valence-electron chi connectivity index (χ1n) is 7.91. The quantitative estimate of drug-likeness (QED) is 0.403. The predicted molar refractivity (Wildman–Crippen MR) is 95.6 cm³/mol. The standard InChI is InChI=1S/C21H12N2O3/c22-13-14-5-4-8-16(11-14)21(24)25-17-9-10-18-19(12-17)26-20(23-18)15-6-2-1-3-7-15/h1-12H. The molecule has 5 nitrogen and oxygen atoms in total. The number of nitriles is 1. The molecule has 0 aliphatic rings. The zero-order chi connectivity index (χ0) is 17.9. The summed E-state index contributed by atoms with van der Waals surface area (Å²) in [5.74, 6) is 0.315. The van der Waals surface area contributed by atoms with Crippen molar-refractivity contribution < 1.29 is 13.9 Å². The second-order valence-corrected chi connectivity index (χ2v) is 5.60. The lowest BCUT2D eigenvalue weighted by atomic mass is 10.1. The molecule has 0 fully saturated rings. The SMILES string of the molecule is N#Cc1cccc(C(=O)Oc2ccc3nc(-c4ccccc4)oc3c2)c1. The number of carbonyl (C=O) groups is 1. The third-order valence-electron chi connectivity index (χ3n) is 3.82. The predicted octanol–water partition coefficient (Wildman–Crippen LogP) is 4.59. The lowest BCUT2D eigenvalue weighted by Gasteiger charge is -2.04. The molecule has 4 rings (SSSR count). The molecule has 0 N–H and O–H groups in total. The molecule has 0 aliphatic heterocycles. The molecule has 0 saturated carbocycles. The molecule has 3 aromatic carbocycles. The summed E-state index contributed by atoms with van der Waals surface area (Å²) in [6.45, 7) is 0. The fraction of sp³-hybridized carbons (Fsp3) is 0. The van der Waals surface area contributed by atoms with Crippen molar-refractivity contribution in [1.29, 1.82) is 5.26 Å². The van der Waals surface area contributed by atoms with Crippen LogP contribution >= 0.6 is 0 Å². The number of aromatic nitrogens is 1. The van der Waals surface area contributed by atoms with Crippen LogP contribution in [0.3, 0.4) is 0 Å². The monoisotopic (exact) mass is 340 g/mol. The van der Waals surface area contributed by atoms with Gasteiger partial charge in [0.15, 0.2) is 5.58 Å². The number of oxazole rings is 1. The summed E-state index contributed by atoms with van der Waals surface area (Å²) in [5.41, 5.74) is 2.79. The number of hydrogen-bond acceptors (Lipinski definition) is 5. The maximum absolute atomic E-state index is 12.3. The number of benzene rings is 3. The van der Waals surface area contributed by atoms with Crippen molar-refractivity contribution in [3.05, 3.63) is 83.9 Å². The van der Waals surface area contributed by atoms with E-state index in [9.17, 15) is 4.79 Å². The van der Waals surface area contributed by atoms with Crippen LogP contribution in [0.1, 0.15) is 15.9 Å². The summed E-state index contributed by atoms with van der Waals surface area (Å²) in [6.07, 6.45) is 0. The Labute approximate surface area is 149 Å². The van der Waals surface area contributed by atoms with E-state index in [4.69, 9.17) is 14.4 Å². The second-order valence-electron chi connectivity index (χ2n) is 5.60. The Hall–Kier alpha value is -3.91. The van der Waals surface area contributed by atoms with Gasteiger partial charge in [-0.15, -0.1) is 0 Å². The maximum Gasteiger partial charge on any atom is 0.343 e. The van der Waals surface area contributed by atoms with Crippen molar-refractivity contribution in [2.75, 3.05) is 0 Å². The van der Waals surface area contributed by atoms with Crippen LogP contribution in [0, 0.1) is 11.3 Å². The van der Waals surface area contributed by atoms with Crippen LogP contribution in [0.25, 0.3) is 22.6 Å². The molecule has 26 heavy (non-hydrogen) atoms. The molecule has 0 atom stereocenters. The van der Waals surface area contributed by atoms with Gasteiger partial charge in [0.05, 0.1) is 17.2 Å². The van der Waals surface area contributed by atoms with Crippen molar-refractivity contribution in [3.8, 4) is 23.3 Å². The summed E-state index contributed by atoms with van der Waals surface area (Å²) < 4.78 is 11.2. The minimum atomic E-state index is -0.538. The van der Waals surface area contributed by atoms with Crippen molar-refractivity contribution in [1.82, 2.24) is 4.98 Å². The van der Waals surface area contributed by atoms with Gasteiger partial charge in [0, 0.05) is 11.6 Å². The number of esters is 1. The van der Waals surface area contributed by atoms with Crippen LogP contribution < -0.4 is 4.74 Å². The van der Waals surface area contributed by atoms with Crippen LogP contribution in [-0.4, -0.2) is 11.0 Å². The first-order chi connectivity index (χ1) is 12.7. The molecule has 124 valence electrons. The highest BCUT2D eigenvalue weighted by atomic mass is 16.5. The Kier molecular flexibility index (Phi) is 3.92. The van der Waals surface area contributed by atoms with E-state index >= 15 is 0 Å². The van der Waals surface area contributed by atoms with Gasteiger partial charge in [-0.1, -0.05) is 24.3 Å². The van der Waals surface area contributed by atoms with E-state index in [1.54, 1.807) is 36.4 Å². The zero-order valence-electron chi connectivity index (χ0n) is 13.5. The van der Waals surface area contributed by atoms with E-state index in [1.165, 1.54) is 6.07 Å². The molecule has 0 bridgehead atoms. The molecule has 5 heteroatoms. The molecule has 0 radical (unpaired) electrons. The first kappa shape index (κ1) is 15.6. The van der Waals surface area contributed by atoms with Gasteiger partial charge in [-0.05, 0) is 42.5 Å². The van der Waals surface area contributed by atoms with Crippen LogP contribution in [0.4, 0.5) is 0 Å². The number of nitrogens with zero attached hydrogens (tertiary/aromatic N) is 2. The van der Waals surface area contributed by atoms with E-state index < -0.39 is 5.97 Å². The van der Waals surface area contributed by atoms with Gasteiger partial charge in [-0.25, -0.2) is 9.78 Å². The highest BCUT2D eigenvalue weighted by molar-refractivity contribution is 5.92. The van der Waals surface area contributed by atoms with Gasteiger partial charge in [0.1, 0.15) is 11.3 Å². The molecule has 0 spiro atoms. The second kappa shape index (κ2) is 6.54. The minimum absolute atomic E-state index is 0.312. The fourth-order valence-corrected chi connectivity index (χ4v) is 2.55. The largest absolute Gasteiger partial charge is 0.436 e. The summed E-state index contributed by atoms with van der Waals surface area (Å²) in [5, 5.41) is 8.93. The molecule has 0 saturated heterocycles. The summed E-state index contributed by atoms with van der Waals surface area (Å²) in [4.78, 5) is 16.7. The molecular weight excluding hydrogens is 328 g/mol. The topological polar surface area (TPSA) is 76.1 Å². The number of rotatable bonds is 3. The Balaban J connectivity index is 1.61. The number of hydrogen-bond donors (Lipinski definition) is 0. The Bertz CT molecular complexity index is 1140. The molecule has 0 unspecified atom stereocenters. The van der Waals surface area contributed by atoms with E-state index in [-0.39, 0.29) is 0 Å². The van der Waals surface area contributed by atoms with E-state index in [0.717, 1.165) is 5.56 Å². The average molecular weight is 340 g/mol. The van der Waals surface area contributed by atoms with Crippen molar-refractivity contribution in [2.24, 2.45) is 0 Å². The maximum atomic E-state index is 12.3. The van der Waals surface area contributed by atoms with Crippen LogP contribution in [0.15, 0.2) is 77.2 Å². The zero-order valence-corrected chi connectivity index (χ0v) is 13.5. The number of fused-ring (bicyclic) bond motifs is 1. The van der Waals surface area contributed by atoms with E-state index in [0.29, 0.717) is 33.9 Å². The van der Waals surface area contributed by atoms with Crippen molar-refractivity contribution >= 4 is 17.1 Å². The van der Waals surface area contributed by atoms with Crippen LogP contribution in [0.5, 0.6) is 5.75 Å². The normalized spacial score (nSPS) is 10.4. The molecule has 1 aromatic heterocycles. The number of carbonyl (C=O) groups excluding carboxylic acids is 1.